The Morgan fingerprint density at radius 2 is 2.03 bits per heavy atom. The first kappa shape index (κ1) is 26.9. The van der Waals surface area contributed by atoms with Gasteiger partial charge in [0.15, 0.2) is 0 Å². The van der Waals surface area contributed by atoms with E-state index in [2.05, 4.69) is 10.6 Å². The second-order valence-corrected chi connectivity index (χ2v) is 8.75. The number of rotatable bonds is 11. The summed E-state index contributed by atoms with van der Waals surface area (Å²) in [6.07, 6.45) is 4.98. The molecule has 0 aliphatic carbocycles. The average Bonchev–Trinajstić information content (AvgIpc) is 2.81. The van der Waals surface area contributed by atoms with Crippen LogP contribution in [0.15, 0.2) is 42.5 Å². The van der Waals surface area contributed by atoms with Gasteiger partial charge in [-0.1, -0.05) is 42.5 Å². The summed E-state index contributed by atoms with van der Waals surface area (Å²) in [5, 5.41) is 14.4. The van der Waals surface area contributed by atoms with Crippen LogP contribution in [0, 0.1) is 5.92 Å². The summed E-state index contributed by atoms with van der Waals surface area (Å²) in [5.41, 5.74) is 1.18. The molecule has 0 fully saturated rings. The molecule has 182 valence electrons. The monoisotopic (exact) mass is 478 g/mol. The van der Waals surface area contributed by atoms with E-state index in [0.717, 1.165) is 5.75 Å². The Kier molecular flexibility index (Phi) is 13.3. The number of cyclic esters (lactones) is 1. The molecule has 9 heteroatoms. The highest BCUT2D eigenvalue weighted by atomic mass is 32.2. The van der Waals surface area contributed by atoms with Crippen molar-refractivity contribution in [2.75, 3.05) is 38.7 Å². The number of carbonyl (C=O) groups is 3. The fourth-order valence-electron chi connectivity index (χ4n) is 3.20. The van der Waals surface area contributed by atoms with Crippen molar-refractivity contribution in [3.05, 3.63) is 48.0 Å². The van der Waals surface area contributed by atoms with Crippen LogP contribution >= 0.6 is 11.8 Å². The van der Waals surface area contributed by atoms with Gasteiger partial charge in [-0.3, -0.25) is 14.4 Å². The zero-order valence-electron chi connectivity index (χ0n) is 18.9. The topological polar surface area (TPSA) is 114 Å². The van der Waals surface area contributed by atoms with Gasteiger partial charge in [-0.05, 0) is 18.4 Å². The Morgan fingerprint density at radius 1 is 1.21 bits per heavy atom. The van der Waals surface area contributed by atoms with E-state index >= 15 is 0 Å². The molecule has 0 spiro atoms. The third-order valence-electron chi connectivity index (χ3n) is 4.93. The molecule has 3 N–H and O–H groups in total. The van der Waals surface area contributed by atoms with Crippen molar-refractivity contribution in [3.8, 4) is 0 Å². The molecule has 0 bridgehead atoms. The van der Waals surface area contributed by atoms with E-state index in [4.69, 9.17) is 14.6 Å². The normalized spacial score (nSPS) is 19.7. The number of aliphatic hydroxyl groups is 1. The molecule has 2 rings (SSSR count). The smallest absolute Gasteiger partial charge is 0.306 e. The van der Waals surface area contributed by atoms with Crippen LogP contribution in [0.2, 0.25) is 0 Å². The van der Waals surface area contributed by atoms with Crippen molar-refractivity contribution in [1.29, 1.82) is 0 Å². The van der Waals surface area contributed by atoms with E-state index in [1.54, 1.807) is 11.8 Å². The third-order valence-corrected chi connectivity index (χ3v) is 6.11. The predicted molar refractivity (Wildman–Crippen MR) is 128 cm³/mol. The van der Waals surface area contributed by atoms with E-state index in [9.17, 15) is 14.4 Å². The first-order valence-electron chi connectivity index (χ1n) is 11.3. The molecule has 0 radical (unpaired) electrons. The summed E-state index contributed by atoms with van der Waals surface area (Å²) in [4.78, 5) is 37.2. The van der Waals surface area contributed by atoms with Crippen LogP contribution < -0.4 is 10.6 Å². The number of hydrogen-bond acceptors (Lipinski definition) is 7. The standard InChI is InChI=1S/C24H34N2O6S/c27-12-14-31-13-11-25-22(28)15-20-9-5-2-6-10-23(29)32-16-21(26-24(20)30)18-33-17-19-7-3-1-4-8-19/h1-5,7-8,20-21,27H,6,9-18H2,(H,25,28)(H,26,30). The van der Waals surface area contributed by atoms with Crippen LogP contribution in [0.4, 0.5) is 0 Å². The lowest BCUT2D eigenvalue weighted by atomic mass is 9.98. The lowest BCUT2D eigenvalue weighted by Gasteiger charge is -2.22. The quantitative estimate of drug-likeness (QED) is 0.253. The summed E-state index contributed by atoms with van der Waals surface area (Å²) >= 11 is 1.66. The first-order valence-corrected chi connectivity index (χ1v) is 12.4. The van der Waals surface area contributed by atoms with E-state index < -0.39 is 5.92 Å². The molecular weight excluding hydrogens is 444 g/mol. The molecule has 0 saturated heterocycles. The highest BCUT2D eigenvalue weighted by Gasteiger charge is 2.24. The van der Waals surface area contributed by atoms with Crippen LogP contribution in [0.25, 0.3) is 0 Å². The SMILES string of the molecule is O=C(CC1CC=CCCC(=O)OCC(CSCc2ccccc2)NC1=O)NCCOCCO. The number of nitrogens with one attached hydrogen (secondary N) is 2. The summed E-state index contributed by atoms with van der Waals surface area (Å²) in [7, 11) is 0. The molecule has 1 heterocycles. The first-order chi connectivity index (χ1) is 16.1. The van der Waals surface area contributed by atoms with Crippen molar-refractivity contribution in [2.24, 2.45) is 5.92 Å². The second-order valence-electron chi connectivity index (χ2n) is 7.72. The second kappa shape index (κ2) is 16.3. The van der Waals surface area contributed by atoms with E-state index in [0.29, 0.717) is 31.7 Å². The van der Waals surface area contributed by atoms with Gasteiger partial charge in [-0.2, -0.15) is 11.8 Å². The lowest BCUT2D eigenvalue weighted by Crippen LogP contribution is -2.44. The minimum atomic E-state index is -0.517. The van der Waals surface area contributed by atoms with Crippen LogP contribution in [-0.4, -0.2) is 67.7 Å². The number of ether oxygens (including phenoxy) is 2. The highest BCUT2D eigenvalue weighted by Crippen LogP contribution is 2.16. The number of amides is 2. The number of carbonyl (C=O) groups excluding carboxylic acids is 3. The van der Waals surface area contributed by atoms with Gasteiger partial charge in [0.2, 0.25) is 11.8 Å². The van der Waals surface area contributed by atoms with Crippen molar-refractivity contribution < 1.29 is 29.0 Å². The van der Waals surface area contributed by atoms with Crippen molar-refractivity contribution in [1.82, 2.24) is 10.6 Å². The maximum atomic E-state index is 13.0. The van der Waals surface area contributed by atoms with Crippen molar-refractivity contribution in [3.63, 3.8) is 0 Å². The Morgan fingerprint density at radius 3 is 2.82 bits per heavy atom. The molecular formula is C24H34N2O6S. The molecule has 2 amide bonds. The summed E-state index contributed by atoms with van der Waals surface area (Å²) < 4.78 is 10.5. The van der Waals surface area contributed by atoms with Gasteiger partial charge in [0.05, 0.1) is 31.8 Å². The van der Waals surface area contributed by atoms with E-state index in [1.807, 2.05) is 42.5 Å². The average molecular weight is 479 g/mol. The van der Waals surface area contributed by atoms with E-state index in [-0.39, 0.29) is 56.5 Å². The van der Waals surface area contributed by atoms with Crippen LogP contribution in [-0.2, 0) is 29.6 Å². The van der Waals surface area contributed by atoms with Gasteiger partial charge in [-0.15, -0.1) is 0 Å². The fraction of sp³-hybridized carbons (Fsp3) is 0.542. The molecule has 2 atom stereocenters. The number of aliphatic hydroxyl groups excluding tert-OH is 1. The number of hydrogen-bond donors (Lipinski definition) is 3. The van der Waals surface area contributed by atoms with Gasteiger partial charge in [0, 0.05) is 30.9 Å². The van der Waals surface area contributed by atoms with Gasteiger partial charge >= 0.3 is 5.97 Å². The van der Waals surface area contributed by atoms with Crippen LogP contribution in [0.5, 0.6) is 0 Å². The minimum absolute atomic E-state index is 0.0554. The van der Waals surface area contributed by atoms with Gasteiger partial charge in [0.1, 0.15) is 6.61 Å². The summed E-state index contributed by atoms with van der Waals surface area (Å²) in [5.74, 6) is 0.111. The van der Waals surface area contributed by atoms with Crippen LogP contribution in [0.3, 0.4) is 0 Å². The zero-order chi connectivity index (χ0) is 23.7. The molecule has 2 unspecified atom stereocenters. The Bertz CT molecular complexity index is 759. The Hall–Kier alpha value is -2.36. The number of benzene rings is 1. The van der Waals surface area contributed by atoms with E-state index in [1.165, 1.54) is 5.56 Å². The summed E-state index contributed by atoms with van der Waals surface area (Å²) in [6, 6.07) is 9.68. The molecule has 1 aliphatic rings. The molecule has 8 nitrogen and oxygen atoms in total. The predicted octanol–water partition coefficient (Wildman–Crippen LogP) is 1.82. The number of esters is 1. The largest absolute Gasteiger partial charge is 0.463 e. The number of allylic oxidation sites excluding steroid dienone is 2. The minimum Gasteiger partial charge on any atom is -0.463 e. The summed E-state index contributed by atoms with van der Waals surface area (Å²) in [6.45, 7) is 0.882. The maximum Gasteiger partial charge on any atom is 0.306 e. The lowest BCUT2D eigenvalue weighted by molar-refractivity contribution is -0.145. The van der Waals surface area contributed by atoms with Crippen LogP contribution in [0.1, 0.15) is 31.2 Å². The maximum absolute atomic E-state index is 13.0. The molecule has 0 aromatic heterocycles. The highest BCUT2D eigenvalue weighted by molar-refractivity contribution is 7.98. The van der Waals surface area contributed by atoms with Crippen molar-refractivity contribution in [2.45, 2.75) is 37.5 Å². The number of thioether (sulfide) groups is 1. The molecule has 33 heavy (non-hydrogen) atoms. The molecule has 1 aromatic rings. The Labute approximate surface area is 199 Å². The van der Waals surface area contributed by atoms with Crippen molar-refractivity contribution >= 4 is 29.5 Å². The molecule has 0 saturated carbocycles. The fourth-order valence-corrected chi connectivity index (χ4v) is 4.21. The molecule has 1 aromatic carbocycles. The molecule has 1 aliphatic heterocycles. The Balaban J connectivity index is 1.92. The zero-order valence-corrected chi connectivity index (χ0v) is 19.7. The van der Waals surface area contributed by atoms with Gasteiger partial charge in [-0.25, -0.2) is 0 Å². The van der Waals surface area contributed by atoms with Gasteiger partial charge in [0.25, 0.3) is 0 Å². The third kappa shape index (κ3) is 11.9. The van der Waals surface area contributed by atoms with Gasteiger partial charge < -0.3 is 25.2 Å².